The molecule has 1 aromatic heterocycles. The van der Waals surface area contributed by atoms with Crippen molar-refractivity contribution in [2.45, 2.75) is 19.9 Å². The molecular formula is C13H13ClFN3O2. The molecule has 0 amide bonds. The van der Waals surface area contributed by atoms with Crippen molar-refractivity contribution in [3.8, 4) is 0 Å². The van der Waals surface area contributed by atoms with Gasteiger partial charge in [0.2, 0.25) is 0 Å². The van der Waals surface area contributed by atoms with Gasteiger partial charge < -0.3 is 4.74 Å². The average Bonchev–Trinajstić information content (AvgIpc) is 2.85. The standard InChI is InChI=1S/C13H13ClFN3O2/c1-3-11-12(13(19)20-2)16-17-18(11)7-8-9(14)5-4-6-10(8)15/h4-6H,3,7H2,1-2H3. The number of hydrogen-bond donors (Lipinski definition) is 0. The minimum absolute atomic E-state index is 0.110. The van der Waals surface area contributed by atoms with Crippen LogP contribution in [0.15, 0.2) is 18.2 Å². The minimum atomic E-state index is -0.562. The molecule has 0 radical (unpaired) electrons. The van der Waals surface area contributed by atoms with E-state index in [1.165, 1.54) is 23.9 Å². The molecule has 0 fully saturated rings. The van der Waals surface area contributed by atoms with Gasteiger partial charge in [-0.2, -0.15) is 0 Å². The van der Waals surface area contributed by atoms with E-state index in [2.05, 4.69) is 15.0 Å². The third kappa shape index (κ3) is 2.65. The molecule has 1 aromatic carbocycles. The van der Waals surface area contributed by atoms with E-state index in [1.807, 2.05) is 6.92 Å². The summed E-state index contributed by atoms with van der Waals surface area (Å²) in [7, 11) is 1.27. The number of nitrogens with zero attached hydrogens (tertiary/aromatic N) is 3. The molecule has 0 unspecified atom stereocenters. The van der Waals surface area contributed by atoms with E-state index in [0.717, 1.165) is 0 Å². The Kier molecular flexibility index (Phi) is 4.34. The topological polar surface area (TPSA) is 57.0 Å². The molecular weight excluding hydrogens is 285 g/mol. The summed E-state index contributed by atoms with van der Waals surface area (Å²) < 4.78 is 19.9. The van der Waals surface area contributed by atoms with Crippen LogP contribution < -0.4 is 0 Å². The maximum absolute atomic E-state index is 13.8. The number of hydrogen-bond acceptors (Lipinski definition) is 4. The van der Waals surface area contributed by atoms with Crippen LogP contribution in [-0.4, -0.2) is 28.1 Å². The molecule has 0 spiro atoms. The van der Waals surface area contributed by atoms with Crippen LogP contribution in [-0.2, 0) is 17.7 Å². The summed E-state index contributed by atoms with van der Waals surface area (Å²) in [4.78, 5) is 11.6. The van der Waals surface area contributed by atoms with Gasteiger partial charge in [-0.15, -0.1) is 5.10 Å². The van der Waals surface area contributed by atoms with Crippen molar-refractivity contribution in [2.75, 3.05) is 7.11 Å². The largest absolute Gasteiger partial charge is 0.464 e. The zero-order valence-electron chi connectivity index (χ0n) is 11.1. The molecule has 2 rings (SSSR count). The second-order valence-corrected chi connectivity index (χ2v) is 4.49. The van der Waals surface area contributed by atoms with Crippen molar-refractivity contribution in [1.29, 1.82) is 0 Å². The Morgan fingerprint density at radius 1 is 1.50 bits per heavy atom. The fourth-order valence-corrected chi connectivity index (χ4v) is 2.12. The Morgan fingerprint density at radius 2 is 2.25 bits per heavy atom. The van der Waals surface area contributed by atoms with Crippen LogP contribution >= 0.6 is 11.6 Å². The second-order valence-electron chi connectivity index (χ2n) is 4.09. The first-order valence-corrected chi connectivity index (χ1v) is 6.39. The first-order valence-electron chi connectivity index (χ1n) is 6.02. The Labute approximate surface area is 120 Å². The number of benzene rings is 1. The predicted molar refractivity (Wildman–Crippen MR) is 71.3 cm³/mol. The van der Waals surface area contributed by atoms with Gasteiger partial charge in [-0.3, -0.25) is 0 Å². The van der Waals surface area contributed by atoms with E-state index in [1.54, 1.807) is 6.07 Å². The molecule has 7 heteroatoms. The summed E-state index contributed by atoms with van der Waals surface area (Å²) in [6.45, 7) is 1.96. The molecule has 0 bridgehead atoms. The number of halogens is 2. The summed E-state index contributed by atoms with van der Waals surface area (Å²) in [6.07, 6.45) is 0.517. The van der Waals surface area contributed by atoms with Gasteiger partial charge in [0.25, 0.3) is 0 Å². The van der Waals surface area contributed by atoms with Gasteiger partial charge >= 0.3 is 5.97 Å². The fraction of sp³-hybridized carbons (Fsp3) is 0.308. The van der Waals surface area contributed by atoms with Crippen LogP contribution in [0, 0.1) is 5.82 Å². The van der Waals surface area contributed by atoms with Gasteiger partial charge in [0.05, 0.1) is 19.3 Å². The zero-order valence-corrected chi connectivity index (χ0v) is 11.8. The highest BCUT2D eigenvalue weighted by Crippen LogP contribution is 2.21. The molecule has 0 saturated carbocycles. The molecule has 0 aliphatic heterocycles. The Hall–Kier alpha value is -1.95. The van der Waals surface area contributed by atoms with E-state index in [0.29, 0.717) is 22.7 Å². The van der Waals surface area contributed by atoms with Crippen LogP contribution in [0.4, 0.5) is 4.39 Å². The maximum Gasteiger partial charge on any atom is 0.360 e. The monoisotopic (exact) mass is 297 g/mol. The van der Waals surface area contributed by atoms with Crippen LogP contribution in [0.2, 0.25) is 5.02 Å². The smallest absolute Gasteiger partial charge is 0.360 e. The lowest BCUT2D eigenvalue weighted by Gasteiger charge is -2.08. The zero-order chi connectivity index (χ0) is 14.7. The van der Waals surface area contributed by atoms with Crippen LogP contribution in [0.3, 0.4) is 0 Å². The number of esters is 1. The molecule has 2 aromatic rings. The Bertz CT molecular complexity index is 622. The fourth-order valence-electron chi connectivity index (χ4n) is 1.90. The lowest BCUT2D eigenvalue weighted by atomic mass is 10.2. The first-order chi connectivity index (χ1) is 9.58. The highest BCUT2D eigenvalue weighted by molar-refractivity contribution is 6.31. The lowest BCUT2D eigenvalue weighted by Crippen LogP contribution is -2.11. The number of methoxy groups -OCH3 is 1. The number of carbonyl (C=O) groups is 1. The van der Waals surface area contributed by atoms with E-state index in [4.69, 9.17) is 11.6 Å². The summed E-state index contributed by atoms with van der Waals surface area (Å²) in [5, 5.41) is 7.97. The van der Waals surface area contributed by atoms with Gasteiger partial charge in [0, 0.05) is 10.6 Å². The SMILES string of the molecule is CCc1c(C(=O)OC)nnn1Cc1c(F)cccc1Cl. The lowest BCUT2D eigenvalue weighted by molar-refractivity contribution is 0.0592. The van der Waals surface area contributed by atoms with E-state index < -0.39 is 11.8 Å². The molecule has 0 aliphatic rings. The third-order valence-corrected chi connectivity index (χ3v) is 3.27. The quantitative estimate of drug-likeness (QED) is 0.814. The summed E-state index contributed by atoms with van der Waals surface area (Å²) >= 11 is 5.98. The molecule has 0 aliphatic carbocycles. The number of carbonyl (C=O) groups excluding carboxylic acids is 1. The highest BCUT2D eigenvalue weighted by Gasteiger charge is 2.20. The number of rotatable bonds is 4. The molecule has 5 nitrogen and oxygen atoms in total. The van der Waals surface area contributed by atoms with E-state index >= 15 is 0 Å². The van der Waals surface area contributed by atoms with Crippen LogP contribution in [0.1, 0.15) is 28.7 Å². The van der Waals surface area contributed by atoms with Crippen molar-refractivity contribution in [3.63, 3.8) is 0 Å². The molecule has 0 saturated heterocycles. The molecule has 20 heavy (non-hydrogen) atoms. The first kappa shape index (κ1) is 14.5. The van der Waals surface area contributed by atoms with Gasteiger partial charge in [-0.05, 0) is 18.6 Å². The van der Waals surface area contributed by atoms with E-state index in [-0.39, 0.29) is 12.2 Å². The Balaban J connectivity index is 2.40. The second kappa shape index (κ2) is 6.00. The Morgan fingerprint density at radius 3 is 2.85 bits per heavy atom. The van der Waals surface area contributed by atoms with Gasteiger partial charge in [0.15, 0.2) is 5.69 Å². The van der Waals surface area contributed by atoms with Gasteiger partial charge in [-0.25, -0.2) is 13.9 Å². The average molecular weight is 298 g/mol. The summed E-state index contributed by atoms with van der Waals surface area (Å²) in [5.41, 5.74) is 1.03. The summed E-state index contributed by atoms with van der Waals surface area (Å²) in [5.74, 6) is -0.984. The van der Waals surface area contributed by atoms with Crippen molar-refractivity contribution in [2.24, 2.45) is 0 Å². The maximum atomic E-state index is 13.8. The van der Waals surface area contributed by atoms with E-state index in [9.17, 15) is 9.18 Å². The normalized spacial score (nSPS) is 10.6. The molecule has 0 atom stereocenters. The van der Waals surface area contributed by atoms with Crippen LogP contribution in [0.5, 0.6) is 0 Å². The van der Waals surface area contributed by atoms with Gasteiger partial charge in [-0.1, -0.05) is 29.8 Å². The summed E-state index contributed by atoms with van der Waals surface area (Å²) in [6, 6.07) is 4.46. The number of ether oxygens (including phenoxy) is 1. The van der Waals surface area contributed by atoms with Gasteiger partial charge in [0.1, 0.15) is 5.82 Å². The van der Waals surface area contributed by atoms with Crippen molar-refractivity contribution in [3.05, 3.63) is 46.0 Å². The predicted octanol–water partition coefficient (Wildman–Crippen LogP) is 2.47. The van der Waals surface area contributed by atoms with Crippen molar-refractivity contribution >= 4 is 17.6 Å². The molecule has 0 N–H and O–H groups in total. The third-order valence-electron chi connectivity index (χ3n) is 2.92. The van der Waals surface area contributed by atoms with Crippen molar-refractivity contribution in [1.82, 2.24) is 15.0 Å². The molecule has 1 heterocycles. The number of aromatic nitrogens is 3. The molecule has 106 valence electrons. The van der Waals surface area contributed by atoms with Crippen molar-refractivity contribution < 1.29 is 13.9 Å². The highest BCUT2D eigenvalue weighted by atomic mass is 35.5. The van der Waals surface area contributed by atoms with Crippen LogP contribution in [0.25, 0.3) is 0 Å². The minimum Gasteiger partial charge on any atom is -0.464 e.